The van der Waals surface area contributed by atoms with Crippen molar-refractivity contribution < 1.29 is 14.6 Å². The molecule has 0 aromatic heterocycles. The van der Waals surface area contributed by atoms with Gasteiger partial charge in [0.15, 0.2) is 0 Å². The average molecular weight is 261 g/mol. The molecule has 0 bridgehead atoms. The Kier molecular flexibility index (Phi) is 6.65. The van der Waals surface area contributed by atoms with Gasteiger partial charge in [-0.05, 0) is 31.0 Å². The molecule has 0 unspecified atom stereocenters. The highest BCUT2D eigenvalue weighted by atomic mass is 16.5. The maximum absolute atomic E-state index is 11.7. The third kappa shape index (κ3) is 5.56. The summed E-state index contributed by atoms with van der Waals surface area (Å²) in [6.45, 7) is 2.33. The number of nitrogens with one attached hydrogen (secondary N) is 1. The third-order valence-corrected chi connectivity index (χ3v) is 2.58. The summed E-state index contributed by atoms with van der Waals surface area (Å²) in [6.07, 6.45) is 1.13. The molecule has 0 aliphatic rings. The van der Waals surface area contributed by atoms with Crippen LogP contribution in [0, 0.1) is 18.8 Å². The highest BCUT2D eigenvalue weighted by Crippen LogP contribution is 2.16. The van der Waals surface area contributed by atoms with Gasteiger partial charge in [-0.15, -0.1) is 0 Å². The van der Waals surface area contributed by atoms with Gasteiger partial charge in [0.25, 0.3) is 0 Å². The zero-order valence-electron chi connectivity index (χ0n) is 11.3. The Morgan fingerprint density at radius 1 is 1.47 bits per heavy atom. The Bertz CT molecular complexity index is 486. The third-order valence-electron chi connectivity index (χ3n) is 2.58. The SMILES string of the molecule is COCCCC(=O)Nc1cc(C#CCO)ccc1C. The molecule has 0 heterocycles. The molecule has 102 valence electrons. The van der Waals surface area contributed by atoms with Crippen molar-refractivity contribution in [2.24, 2.45) is 0 Å². The number of hydrogen-bond donors (Lipinski definition) is 2. The number of amides is 1. The van der Waals surface area contributed by atoms with Crippen LogP contribution in [-0.2, 0) is 9.53 Å². The minimum absolute atomic E-state index is 0.0348. The van der Waals surface area contributed by atoms with Crippen molar-refractivity contribution in [3.05, 3.63) is 29.3 Å². The molecule has 19 heavy (non-hydrogen) atoms. The molecule has 0 radical (unpaired) electrons. The maximum atomic E-state index is 11.7. The van der Waals surface area contributed by atoms with Gasteiger partial charge in [0.2, 0.25) is 5.91 Å². The average Bonchev–Trinajstić information content (AvgIpc) is 2.40. The fraction of sp³-hybridized carbons (Fsp3) is 0.400. The summed E-state index contributed by atoms with van der Waals surface area (Å²) in [5.74, 6) is 5.36. The van der Waals surface area contributed by atoms with Gasteiger partial charge in [0.05, 0.1) is 0 Å². The summed E-state index contributed by atoms with van der Waals surface area (Å²) < 4.78 is 4.91. The number of ether oxygens (including phenoxy) is 1. The molecule has 0 saturated heterocycles. The van der Waals surface area contributed by atoms with E-state index >= 15 is 0 Å². The van der Waals surface area contributed by atoms with E-state index in [2.05, 4.69) is 17.2 Å². The minimum atomic E-state index is -0.174. The fourth-order valence-electron chi connectivity index (χ4n) is 1.57. The van der Waals surface area contributed by atoms with Gasteiger partial charge in [-0.2, -0.15) is 0 Å². The van der Waals surface area contributed by atoms with Gasteiger partial charge < -0.3 is 15.2 Å². The van der Waals surface area contributed by atoms with E-state index in [-0.39, 0.29) is 12.5 Å². The fourth-order valence-corrected chi connectivity index (χ4v) is 1.57. The number of rotatable bonds is 5. The number of anilines is 1. The Morgan fingerprint density at radius 2 is 2.26 bits per heavy atom. The van der Waals surface area contributed by atoms with Crippen molar-refractivity contribution in [3.8, 4) is 11.8 Å². The summed E-state index contributed by atoms with van der Waals surface area (Å²) in [6, 6.07) is 5.57. The second-order valence-electron chi connectivity index (χ2n) is 4.13. The molecule has 0 spiro atoms. The molecular weight excluding hydrogens is 242 g/mol. The molecule has 0 saturated carbocycles. The number of aryl methyl sites for hydroxylation is 1. The number of aliphatic hydroxyl groups excluding tert-OH is 1. The molecule has 1 amide bonds. The quantitative estimate of drug-likeness (QED) is 0.626. The second kappa shape index (κ2) is 8.30. The molecule has 0 atom stereocenters. The molecular formula is C15H19NO3. The standard InChI is InChI=1S/C15H19NO3/c1-12-7-8-13(5-3-9-17)11-14(12)16-15(18)6-4-10-19-2/h7-8,11,17H,4,6,9-10H2,1-2H3,(H,16,18). The first-order chi connectivity index (χ1) is 9.17. The Balaban J connectivity index is 2.68. The first-order valence-electron chi connectivity index (χ1n) is 6.16. The molecule has 0 fully saturated rings. The lowest BCUT2D eigenvalue weighted by molar-refractivity contribution is -0.116. The van der Waals surface area contributed by atoms with Crippen LogP contribution < -0.4 is 5.32 Å². The number of aliphatic hydroxyl groups is 1. The van der Waals surface area contributed by atoms with E-state index in [4.69, 9.17) is 9.84 Å². The van der Waals surface area contributed by atoms with E-state index in [0.29, 0.717) is 19.4 Å². The molecule has 0 aliphatic carbocycles. The van der Waals surface area contributed by atoms with E-state index in [0.717, 1.165) is 16.8 Å². The summed E-state index contributed by atoms with van der Waals surface area (Å²) >= 11 is 0. The van der Waals surface area contributed by atoms with Crippen LogP contribution >= 0.6 is 0 Å². The van der Waals surface area contributed by atoms with E-state index < -0.39 is 0 Å². The second-order valence-corrected chi connectivity index (χ2v) is 4.13. The van der Waals surface area contributed by atoms with Crippen LogP contribution in [0.5, 0.6) is 0 Å². The zero-order chi connectivity index (χ0) is 14.1. The summed E-state index contributed by atoms with van der Waals surface area (Å²) in [5.41, 5.74) is 2.51. The Morgan fingerprint density at radius 3 is 2.95 bits per heavy atom. The van der Waals surface area contributed by atoms with Gasteiger partial charge in [-0.3, -0.25) is 4.79 Å². The maximum Gasteiger partial charge on any atom is 0.224 e. The molecule has 0 aliphatic heterocycles. The predicted octanol–water partition coefficient (Wildman–Crippen LogP) is 1.70. The lowest BCUT2D eigenvalue weighted by Gasteiger charge is -2.08. The van der Waals surface area contributed by atoms with Gasteiger partial charge in [-0.25, -0.2) is 0 Å². The van der Waals surface area contributed by atoms with Crippen molar-refractivity contribution in [1.82, 2.24) is 0 Å². The van der Waals surface area contributed by atoms with Crippen molar-refractivity contribution in [2.45, 2.75) is 19.8 Å². The van der Waals surface area contributed by atoms with Crippen LogP contribution in [0.3, 0.4) is 0 Å². The topological polar surface area (TPSA) is 58.6 Å². The Hall–Kier alpha value is -1.83. The largest absolute Gasteiger partial charge is 0.385 e. The van der Waals surface area contributed by atoms with Gasteiger partial charge in [0.1, 0.15) is 6.61 Å². The Labute approximate surface area is 113 Å². The van der Waals surface area contributed by atoms with Gasteiger partial charge in [0, 0.05) is 31.4 Å². The molecule has 4 nitrogen and oxygen atoms in total. The predicted molar refractivity (Wildman–Crippen MR) is 74.9 cm³/mol. The summed E-state index contributed by atoms with van der Waals surface area (Å²) in [7, 11) is 1.62. The number of hydrogen-bond acceptors (Lipinski definition) is 3. The van der Waals surface area contributed by atoms with Crippen LogP contribution in [0.2, 0.25) is 0 Å². The first kappa shape index (κ1) is 15.2. The molecule has 1 aromatic carbocycles. The van der Waals surface area contributed by atoms with Gasteiger partial charge >= 0.3 is 0 Å². The summed E-state index contributed by atoms with van der Waals surface area (Å²) in [4.78, 5) is 11.7. The van der Waals surface area contributed by atoms with Crippen LogP contribution in [0.1, 0.15) is 24.0 Å². The lowest BCUT2D eigenvalue weighted by Crippen LogP contribution is -2.13. The van der Waals surface area contributed by atoms with E-state index in [1.165, 1.54) is 0 Å². The number of carbonyl (C=O) groups excluding carboxylic acids is 1. The highest BCUT2D eigenvalue weighted by molar-refractivity contribution is 5.91. The molecule has 4 heteroatoms. The minimum Gasteiger partial charge on any atom is -0.385 e. The molecule has 1 rings (SSSR count). The van der Waals surface area contributed by atoms with E-state index in [1.54, 1.807) is 7.11 Å². The number of benzene rings is 1. The van der Waals surface area contributed by atoms with Crippen LogP contribution in [0.4, 0.5) is 5.69 Å². The normalized spacial score (nSPS) is 9.63. The van der Waals surface area contributed by atoms with Gasteiger partial charge in [-0.1, -0.05) is 17.9 Å². The van der Waals surface area contributed by atoms with Crippen LogP contribution in [0.15, 0.2) is 18.2 Å². The number of carbonyl (C=O) groups is 1. The van der Waals surface area contributed by atoms with E-state index in [9.17, 15) is 4.79 Å². The zero-order valence-corrected chi connectivity index (χ0v) is 11.3. The first-order valence-corrected chi connectivity index (χ1v) is 6.16. The monoisotopic (exact) mass is 261 g/mol. The lowest BCUT2D eigenvalue weighted by atomic mass is 10.1. The van der Waals surface area contributed by atoms with Crippen molar-refractivity contribution in [1.29, 1.82) is 0 Å². The smallest absolute Gasteiger partial charge is 0.224 e. The van der Waals surface area contributed by atoms with Crippen LogP contribution in [-0.4, -0.2) is 31.3 Å². The van der Waals surface area contributed by atoms with Crippen molar-refractivity contribution in [3.63, 3.8) is 0 Å². The van der Waals surface area contributed by atoms with Crippen LogP contribution in [0.25, 0.3) is 0 Å². The molecule has 2 N–H and O–H groups in total. The summed E-state index contributed by atoms with van der Waals surface area (Å²) in [5, 5.41) is 11.5. The van der Waals surface area contributed by atoms with Crippen molar-refractivity contribution >= 4 is 11.6 Å². The highest BCUT2D eigenvalue weighted by Gasteiger charge is 2.05. The molecule has 1 aromatic rings. The number of methoxy groups -OCH3 is 1. The van der Waals surface area contributed by atoms with Crippen molar-refractivity contribution in [2.75, 3.05) is 25.6 Å². The van der Waals surface area contributed by atoms with E-state index in [1.807, 2.05) is 25.1 Å².